The average Bonchev–Trinajstić information content (AvgIpc) is 2.76. The molecule has 0 fully saturated rings. The Labute approximate surface area is 135 Å². The van der Waals surface area contributed by atoms with Crippen molar-refractivity contribution in [1.29, 1.82) is 0 Å². The Morgan fingerprint density at radius 3 is 2.48 bits per heavy atom. The number of carboxylic acids is 1. The number of anilines is 1. The van der Waals surface area contributed by atoms with Gasteiger partial charge in [-0.3, -0.25) is 4.72 Å². The molecule has 112 valence electrons. The molecule has 0 spiro atoms. The summed E-state index contributed by atoms with van der Waals surface area (Å²) in [5.41, 5.74) is 0.170. The zero-order valence-corrected chi connectivity index (χ0v) is 13.7. The number of aromatic carboxylic acids is 1. The lowest BCUT2D eigenvalue weighted by molar-refractivity contribution is 0.0702. The number of thiophene rings is 1. The topological polar surface area (TPSA) is 83.5 Å². The molecule has 2 aromatic rings. The molecular formula is C12H9Cl2NO4S2. The molecule has 21 heavy (non-hydrogen) atoms. The molecule has 0 bridgehead atoms. The average molecular weight is 366 g/mol. The smallest absolute Gasteiger partial charge is 0.345 e. The normalized spacial score (nSPS) is 11.4. The van der Waals surface area contributed by atoms with Crippen molar-refractivity contribution in [2.24, 2.45) is 0 Å². The Balaban J connectivity index is 2.41. The monoisotopic (exact) mass is 365 g/mol. The summed E-state index contributed by atoms with van der Waals surface area (Å²) in [6.45, 7) is 1.54. The molecule has 0 saturated carbocycles. The Morgan fingerprint density at radius 1 is 1.29 bits per heavy atom. The Bertz CT molecular complexity index is 815. The summed E-state index contributed by atoms with van der Waals surface area (Å²) in [5, 5.41) is 9.44. The van der Waals surface area contributed by atoms with Crippen LogP contribution >= 0.6 is 34.5 Å². The van der Waals surface area contributed by atoms with Gasteiger partial charge in [0.1, 0.15) is 9.77 Å². The standard InChI is InChI=1S/C12H9Cl2NO4S2/c1-6-11(5-10(20-6)12(16)17)21(18,19)15-9-3-2-7(13)4-8(9)14/h2-5,15H,1H3,(H,16,17). The van der Waals surface area contributed by atoms with Crippen LogP contribution in [0.5, 0.6) is 0 Å². The number of aryl methyl sites for hydroxylation is 1. The van der Waals surface area contributed by atoms with Crippen LogP contribution in [0.2, 0.25) is 10.0 Å². The first-order valence-corrected chi connectivity index (χ1v) is 8.58. The lowest BCUT2D eigenvalue weighted by Gasteiger charge is -2.09. The number of sulfonamides is 1. The molecule has 1 aromatic carbocycles. The molecule has 0 unspecified atom stereocenters. The number of carbonyl (C=O) groups is 1. The summed E-state index contributed by atoms with van der Waals surface area (Å²) in [5.74, 6) is -1.17. The molecule has 0 atom stereocenters. The number of halogens is 2. The van der Waals surface area contributed by atoms with Gasteiger partial charge in [-0.25, -0.2) is 13.2 Å². The summed E-state index contributed by atoms with van der Waals surface area (Å²) in [6.07, 6.45) is 0. The van der Waals surface area contributed by atoms with E-state index in [-0.39, 0.29) is 20.5 Å². The van der Waals surface area contributed by atoms with E-state index in [0.29, 0.717) is 9.90 Å². The van der Waals surface area contributed by atoms with Crippen molar-refractivity contribution in [3.63, 3.8) is 0 Å². The van der Waals surface area contributed by atoms with Crippen molar-refractivity contribution in [3.8, 4) is 0 Å². The summed E-state index contributed by atoms with van der Waals surface area (Å²) in [4.78, 5) is 11.1. The third kappa shape index (κ3) is 3.49. The summed E-state index contributed by atoms with van der Waals surface area (Å²) >= 11 is 12.6. The molecule has 0 aliphatic carbocycles. The summed E-state index contributed by atoms with van der Waals surface area (Å²) in [7, 11) is -3.92. The molecule has 0 amide bonds. The van der Waals surface area contributed by atoms with Crippen LogP contribution in [0.3, 0.4) is 0 Å². The van der Waals surface area contributed by atoms with Gasteiger partial charge in [0.25, 0.3) is 10.0 Å². The Kier molecular flexibility index (Phi) is 4.48. The zero-order valence-electron chi connectivity index (χ0n) is 10.6. The Morgan fingerprint density at radius 2 is 1.95 bits per heavy atom. The van der Waals surface area contributed by atoms with Gasteiger partial charge in [0.2, 0.25) is 0 Å². The largest absolute Gasteiger partial charge is 0.477 e. The minimum atomic E-state index is -3.92. The number of benzene rings is 1. The lowest BCUT2D eigenvalue weighted by atomic mass is 10.3. The van der Waals surface area contributed by atoms with Crippen LogP contribution in [0.15, 0.2) is 29.2 Å². The van der Waals surface area contributed by atoms with Gasteiger partial charge < -0.3 is 5.11 Å². The molecule has 1 aromatic heterocycles. The summed E-state index contributed by atoms with van der Waals surface area (Å²) < 4.78 is 26.9. The fraction of sp³-hybridized carbons (Fsp3) is 0.0833. The quantitative estimate of drug-likeness (QED) is 0.861. The van der Waals surface area contributed by atoms with E-state index in [1.165, 1.54) is 25.1 Å². The van der Waals surface area contributed by atoms with Crippen LogP contribution < -0.4 is 4.72 Å². The molecule has 0 aliphatic rings. The van der Waals surface area contributed by atoms with Crippen molar-refractivity contribution >= 4 is 56.2 Å². The van der Waals surface area contributed by atoms with Crippen LogP contribution in [-0.4, -0.2) is 19.5 Å². The first-order chi connectivity index (χ1) is 9.70. The van der Waals surface area contributed by atoms with Crippen molar-refractivity contribution in [3.05, 3.63) is 44.1 Å². The van der Waals surface area contributed by atoms with Crippen molar-refractivity contribution in [1.82, 2.24) is 0 Å². The van der Waals surface area contributed by atoms with E-state index in [9.17, 15) is 13.2 Å². The van der Waals surface area contributed by atoms with Gasteiger partial charge in [-0.1, -0.05) is 23.2 Å². The van der Waals surface area contributed by atoms with E-state index in [0.717, 1.165) is 17.4 Å². The Hall–Kier alpha value is -1.28. The van der Waals surface area contributed by atoms with Crippen LogP contribution in [-0.2, 0) is 10.0 Å². The number of hydrogen-bond donors (Lipinski definition) is 2. The summed E-state index contributed by atoms with van der Waals surface area (Å²) in [6, 6.07) is 5.45. The highest BCUT2D eigenvalue weighted by Gasteiger charge is 2.23. The fourth-order valence-electron chi connectivity index (χ4n) is 1.61. The van der Waals surface area contributed by atoms with E-state index in [4.69, 9.17) is 28.3 Å². The van der Waals surface area contributed by atoms with Gasteiger partial charge in [0, 0.05) is 9.90 Å². The van der Waals surface area contributed by atoms with E-state index in [2.05, 4.69) is 4.72 Å². The van der Waals surface area contributed by atoms with Gasteiger partial charge >= 0.3 is 5.97 Å². The maximum absolute atomic E-state index is 12.3. The van der Waals surface area contributed by atoms with Crippen LogP contribution in [0.1, 0.15) is 14.5 Å². The zero-order chi connectivity index (χ0) is 15.8. The van der Waals surface area contributed by atoms with Crippen molar-refractivity contribution in [2.45, 2.75) is 11.8 Å². The predicted molar refractivity (Wildman–Crippen MR) is 83.3 cm³/mol. The molecule has 2 N–H and O–H groups in total. The van der Waals surface area contributed by atoms with Crippen LogP contribution in [0, 0.1) is 6.92 Å². The van der Waals surface area contributed by atoms with Crippen molar-refractivity contribution < 1.29 is 18.3 Å². The van der Waals surface area contributed by atoms with Crippen LogP contribution in [0.25, 0.3) is 0 Å². The fourth-order valence-corrected chi connectivity index (χ4v) is 4.63. The highest BCUT2D eigenvalue weighted by molar-refractivity contribution is 7.93. The van der Waals surface area contributed by atoms with E-state index < -0.39 is 16.0 Å². The number of rotatable bonds is 4. The first kappa shape index (κ1) is 16.1. The maximum atomic E-state index is 12.3. The molecule has 0 radical (unpaired) electrons. The van der Waals surface area contributed by atoms with Gasteiger partial charge in [-0.15, -0.1) is 11.3 Å². The SMILES string of the molecule is Cc1sc(C(=O)O)cc1S(=O)(=O)Nc1ccc(Cl)cc1Cl. The maximum Gasteiger partial charge on any atom is 0.345 e. The third-order valence-corrected chi connectivity index (χ3v) is 5.76. The minimum absolute atomic E-state index is 0.0462. The second-order valence-electron chi connectivity index (χ2n) is 4.07. The first-order valence-electron chi connectivity index (χ1n) is 5.52. The van der Waals surface area contributed by atoms with E-state index in [1.807, 2.05) is 0 Å². The highest BCUT2D eigenvalue weighted by Crippen LogP contribution is 2.31. The number of hydrogen-bond acceptors (Lipinski definition) is 4. The van der Waals surface area contributed by atoms with E-state index >= 15 is 0 Å². The van der Waals surface area contributed by atoms with Crippen LogP contribution in [0.4, 0.5) is 5.69 Å². The lowest BCUT2D eigenvalue weighted by Crippen LogP contribution is -2.13. The molecular weight excluding hydrogens is 357 g/mol. The van der Waals surface area contributed by atoms with Gasteiger partial charge in [-0.05, 0) is 31.2 Å². The van der Waals surface area contributed by atoms with Gasteiger partial charge in [-0.2, -0.15) is 0 Å². The number of nitrogens with one attached hydrogen (secondary N) is 1. The second kappa shape index (κ2) is 5.84. The third-order valence-electron chi connectivity index (χ3n) is 2.55. The van der Waals surface area contributed by atoms with Gasteiger partial charge in [0.05, 0.1) is 10.7 Å². The molecule has 9 heteroatoms. The minimum Gasteiger partial charge on any atom is -0.477 e. The second-order valence-corrected chi connectivity index (χ2v) is 7.82. The molecule has 1 heterocycles. The predicted octanol–water partition coefficient (Wildman–Crippen LogP) is 3.86. The number of carboxylic acid groups (broad SMARTS) is 1. The molecule has 5 nitrogen and oxygen atoms in total. The highest BCUT2D eigenvalue weighted by atomic mass is 35.5. The van der Waals surface area contributed by atoms with E-state index in [1.54, 1.807) is 0 Å². The van der Waals surface area contributed by atoms with Crippen molar-refractivity contribution in [2.75, 3.05) is 4.72 Å². The molecule has 0 saturated heterocycles. The van der Waals surface area contributed by atoms with Gasteiger partial charge in [0.15, 0.2) is 0 Å². The molecule has 0 aliphatic heterocycles. The molecule has 2 rings (SSSR count).